The Bertz CT molecular complexity index is 831. The summed E-state index contributed by atoms with van der Waals surface area (Å²) in [5.74, 6) is 6.76. The van der Waals surface area contributed by atoms with Gasteiger partial charge in [0.1, 0.15) is 0 Å². The standard InChI is InChI=1S/C17H17N3O5/c1-10(21)6-12-7-15-16(25-9-24-15)8-14(12)17(19-18)11-2-4-13(5-3-11)20(22)23/h2-5,7-8,10,21H,6,9,18H2,1H3. The normalized spacial score (nSPS) is 14.4. The molecule has 3 rings (SSSR count). The Morgan fingerprint density at radius 2 is 1.96 bits per heavy atom. The highest BCUT2D eigenvalue weighted by atomic mass is 16.7. The lowest BCUT2D eigenvalue weighted by Gasteiger charge is -2.14. The molecule has 0 saturated carbocycles. The van der Waals surface area contributed by atoms with Crippen LogP contribution in [0.1, 0.15) is 23.6 Å². The zero-order chi connectivity index (χ0) is 18.0. The second-order valence-electron chi connectivity index (χ2n) is 5.70. The molecule has 2 aromatic carbocycles. The summed E-state index contributed by atoms with van der Waals surface area (Å²) in [7, 11) is 0. The Labute approximate surface area is 143 Å². The first kappa shape index (κ1) is 16.7. The smallest absolute Gasteiger partial charge is 0.269 e. The second kappa shape index (κ2) is 6.78. The predicted molar refractivity (Wildman–Crippen MR) is 90.9 cm³/mol. The fourth-order valence-electron chi connectivity index (χ4n) is 2.73. The Balaban J connectivity index is 2.07. The summed E-state index contributed by atoms with van der Waals surface area (Å²) >= 11 is 0. The van der Waals surface area contributed by atoms with Crippen LogP contribution in [0, 0.1) is 10.1 Å². The van der Waals surface area contributed by atoms with Crippen LogP contribution in [0.3, 0.4) is 0 Å². The summed E-state index contributed by atoms with van der Waals surface area (Å²) in [5, 5.41) is 24.5. The van der Waals surface area contributed by atoms with Crippen LogP contribution >= 0.6 is 0 Å². The number of aliphatic hydroxyl groups is 1. The van der Waals surface area contributed by atoms with E-state index >= 15 is 0 Å². The fourth-order valence-corrected chi connectivity index (χ4v) is 2.73. The van der Waals surface area contributed by atoms with Gasteiger partial charge in [-0.25, -0.2) is 0 Å². The molecule has 1 heterocycles. The van der Waals surface area contributed by atoms with E-state index in [0.717, 1.165) is 5.56 Å². The third kappa shape index (κ3) is 3.38. The van der Waals surface area contributed by atoms with E-state index in [2.05, 4.69) is 5.10 Å². The lowest BCUT2D eigenvalue weighted by atomic mass is 9.94. The molecule has 1 unspecified atom stereocenters. The minimum atomic E-state index is -0.574. The van der Waals surface area contributed by atoms with Crippen LogP contribution in [0.25, 0.3) is 0 Å². The maximum Gasteiger partial charge on any atom is 0.269 e. The van der Waals surface area contributed by atoms with E-state index in [9.17, 15) is 15.2 Å². The molecule has 8 nitrogen and oxygen atoms in total. The average Bonchev–Trinajstić information content (AvgIpc) is 3.03. The summed E-state index contributed by atoms with van der Waals surface area (Å²) in [6.45, 7) is 1.80. The van der Waals surface area contributed by atoms with Crippen molar-refractivity contribution in [2.75, 3.05) is 6.79 Å². The minimum Gasteiger partial charge on any atom is -0.454 e. The van der Waals surface area contributed by atoms with Crippen LogP contribution in [-0.2, 0) is 6.42 Å². The van der Waals surface area contributed by atoms with Crippen molar-refractivity contribution in [1.82, 2.24) is 0 Å². The molecule has 0 bridgehead atoms. The summed E-state index contributed by atoms with van der Waals surface area (Å²) in [6, 6.07) is 9.50. The number of hydrogen-bond donors (Lipinski definition) is 2. The Kier molecular flexibility index (Phi) is 4.53. The molecule has 0 amide bonds. The predicted octanol–water partition coefficient (Wildman–Crippen LogP) is 1.96. The van der Waals surface area contributed by atoms with Crippen LogP contribution < -0.4 is 15.3 Å². The van der Waals surface area contributed by atoms with Gasteiger partial charge in [0.15, 0.2) is 11.5 Å². The summed E-state index contributed by atoms with van der Waals surface area (Å²) in [6.07, 6.45) is -0.201. The van der Waals surface area contributed by atoms with Crippen molar-refractivity contribution in [3.63, 3.8) is 0 Å². The van der Waals surface area contributed by atoms with Crippen molar-refractivity contribution >= 4 is 11.4 Å². The van der Waals surface area contributed by atoms with Crippen LogP contribution in [0.15, 0.2) is 41.5 Å². The maximum atomic E-state index is 10.8. The Morgan fingerprint density at radius 3 is 2.52 bits per heavy atom. The number of non-ortho nitro benzene ring substituents is 1. The molecule has 25 heavy (non-hydrogen) atoms. The number of hydrazone groups is 1. The van der Waals surface area contributed by atoms with Gasteiger partial charge in [0, 0.05) is 23.3 Å². The van der Waals surface area contributed by atoms with Crippen molar-refractivity contribution in [3.05, 3.63) is 63.2 Å². The number of nitro benzene ring substituents is 1. The minimum absolute atomic E-state index is 0.0185. The quantitative estimate of drug-likeness (QED) is 0.370. The van der Waals surface area contributed by atoms with Gasteiger partial charge in [-0.2, -0.15) is 5.10 Å². The molecule has 1 atom stereocenters. The van der Waals surface area contributed by atoms with Gasteiger partial charge >= 0.3 is 0 Å². The number of aliphatic hydroxyl groups excluding tert-OH is 1. The van der Waals surface area contributed by atoms with Crippen LogP contribution in [0.5, 0.6) is 11.5 Å². The second-order valence-corrected chi connectivity index (χ2v) is 5.70. The van der Waals surface area contributed by atoms with E-state index in [0.29, 0.717) is 34.8 Å². The van der Waals surface area contributed by atoms with Gasteiger partial charge in [-0.1, -0.05) is 0 Å². The van der Waals surface area contributed by atoms with Gasteiger partial charge in [0.05, 0.1) is 16.7 Å². The number of ether oxygens (including phenoxy) is 2. The molecule has 0 fully saturated rings. The number of fused-ring (bicyclic) bond motifs is 1. The number of nitrogens with two attached hydrogens (primary N) is 1. The van der Waals surface area contributed by atoms with E-state index < -0.39 is 11.0 Å². The largest absolute Gasteiger partial charge is 0.454 e. The highest BCUT2D eigenvalue weighted by molar-refractivity contribution is 6.14. The molecule has 0 saturated heterocycles. The molecule has 0 aliphatic carbocycles. The van der Waals surface area contributed by atoms with Gasteiger partial charge in [-0.05, 0) is 43.2 Å². The van der Waals surface area contributed by atoms with E-state index in [1.165, 1.54) is 12.1 Å². The van der Waals surface area contributed by atoms with E-state index in [-0.39, 0.29) is 12.5 Å². The number of nitrogens with zero attached hydrogens (tertiary/aromatic N) is 2. The third-order valence-electron chi connectivity index (χ3n) is 3.85. The van der Waals surface area contributed by atoms with E-state index in [4.69, 9.17) is 15.3 Å². The van der Waals surface area contributed by atoms with E-state index in [1.807, 2.05) is 0 Å². The zero-order valence-electron chi connectivity index (χ0n) is 13.5. The number of benzene rings is 2. The van der Waals surface area contributed by atoms with Gasteiger partial charge in [0.2, 0.25) is 6.79 Å². The van der Waals surface area contributed by atoms with Gasteiger partial charge in [0.25, 0.3) is 5.69 Å². The SMILES string of the molecule is CC(O)Cc1cc2c(cc1C(=NN)c1ccc([N+](=O)[O-])cc1)OCO2. The topological polar surface area (TPSA) is 120 Å². The van der Waals surface area contributed by atoms with Crippen LogP contribution in [-0.4, -0.2) is 28.6 Å². The number of nitro groups is 1. The first-order valence-corrected chi connectivity index (χ1v) is 7.63. The molecule has 0 spiro atoms. The molecule has 2 aromatic rings. The van der Waals surface area contributed by atoms with Crippen molar-refractivity contribution in [3.8, 4) is 11.5 Å². The number of hydrogen-bond acceptors (Lipinski definition) is 7. The lowest BCUT2D eigenvalue weighted by Crippen LogP contribution is -2.13. The molecule has 3 N–H and O–H groups in total. The molecule has 1 aliphatic rings. The highest BCUT2D eigenvalue weighted by Crippen LogP contribution is 2.36. The average molecular weight is 343 g/mol. The molecular formula is C17H17N3O5. The maximum absolute atomic E-state index is 10.8. The molecule has 0 aromatic heterocycles. The van der Waals surface area contributed by atoms with Gasteiger partial charge in [-0.3, -0.25) is 10.1 Å². The zero-order valence-corrected chi connectivity index (χ0v) is 13.5. The Morgan fingerprint density at radius 1 is 1.32 bits per heavy atom. The molecule has 1 aliphatic heterocycles. The molecular weight excluding hydrogens is 326 g/mol. The van der Waals surface area contributed by atoms with Crippen molar-refractivity contribution in [1.29, 1.82) is 0 Å². The third-order valence-corrected chi connectivity index (χ3v) is 3.85. The fraction of sp³-hybridized carbons (Fsp3) is 0.235. The monoisotopic (exact) mass is 343 g/mol. The first-order chi connectivity index (χ1) is 12.0. The lowest BCUT2D eigenvalue weighted by molar-refractivity contribution is -0.384. The first-order valence-electron chi connectivity index (χ1n) is 7.63. The van der Waals surface area contributed by atoms with Gasteiger partial charge < -0.3 is 20.4 Å². The van der Waals surface area contributed by atoms with E-state index in [1.54, 1.807) is 31.2 Å². The van der Waals surface area contributed by atoms with Gasteiger partial charge in [-0.15, -0.1) is 0 Å². The Hall–Kier alpha value is -3.13. The summed E-state index contributed by atoms with van der Waals surface area (Å²) in [4.78, 5) is 10.3. The van der Waals surface area contributed by atoms with Crippen LogP contribution in [0.4, 0.5) is 5.69 Å². The number of rotatable bonds is 5. The molecule has 130 valence electrons. The highest BCUT2D eigenvalue weighted by Gasteiger charge is 2.22. The van der Waals surface area contributed by atoms with Crippen molar-refractivity contribution in [2.45, 2.75) is 19.4 Å². The van der Waals surface area contributed by atoms with Crippen molar-refractivity contribution in [2.24, 2.45) is 10.9 Å². The summed E-state index contributed by atoms with van der Waals surface area (Å²) in [5.41, 5.74) is 2.53. The molecule has 8 heteroatoms. The summed E-state index contributed by atoms with van der Waals surface area (Å²) < 4.78 is 10.8. The molecule has 0 radical (unpaired) electrons. The van der Waals surface area contributed by atoms with Crippen LogP contribution in [0.2, 0.25) is 0 Å². The van der Waals surface area contributed by atoms with Crippen molar-refractivity contribution < 1.29 is 19.5 Å².